The van der Waals surface area contributed by atoms with E-state index in [0.29, 0.717) is 19.0 Å². The summed E-state index contributed by atoms with van der Waals surface area (Å²) in [5.74, 6) is 0.203. The van der Waals surface area contributed by atoms with E-state index in [9.17, 15) is 9.59 Å². The second-order valence-corrected chi connectivity index (χ2v) is 5.56. The Morgan fingerprint density at radius 2 is 2.00 bits per heavy atom. The first-order valence-corrected chi connectivity index (χ1v) is 6.96. The molecule has 0 saturated heterocycles. The number of amides is 2. The van der Waals surface area contributed by atoms with Crippen molar-refractivity contribution in [1.82, 2.24) is 10.2 Å². The monoisotopic (exact) mass is 276 g/mol. The zero-order chi connectivity index (χ0) is 15.1. The summed E-state index contributed by atoms with van der Waals surface area (Å²) < 4.78 is 0. The van der Waals surface area contributed by atoms with Crippen molar-refractivity contribution in [3.05, 3.63) is 35.4 Å². The van der Waals surface area contributed by atoms with Crippen molar-refractivity contribution in [2.75, 3.05) is 13.1 Å². The normalized spacial score (nSPS) is 10.4. The van der Waals surface area contributed by atoms with Crippen LogP contribution in [-0.4, -0.2) is 29.8 Å². The lowest BCUT2D eigenvalue weighted by molar-refractivity contribution is -0.134. The zero-order valence-corrected chi connectivity index (χ0v) is 12.8. The van der Waals surface area contributed by atoms with Crippen LogP contribution in [0.4, 0.5) is 0 Å². The van der Waals surface area contributed by atoms with Crippen LogP contribution in [0.1, 0.15) is 31.9 Å². The molecule has 0 aliphatic heterocycles. The van der Waals surface area contributed by atoms with Gasteiger partial charge in [-0.2, -0.15) is 0 Å². The molecule has 4 nitrogen and oxygen atoms in total. The molecule has 0 atom stereocenters. The zero-order valence-electron chi connectivity index (χ0n) is 12.8. The smallest absolute Gasteiger partial charge is 0.239 e. The second-order valence-electron chi connectivity index (χ2n) is 5.56. The Kier molecular flexibility index (Phi) is 6.22. The molecule has 0 unspecified atom stereocenters. The average Bonchev–Trinajstić information content (AvgIpc) is 2.35. The minimum atomic E-state index is -0.110. The number of carbonyl (C=O) groups is 2. The fraction of sp³-hybridized carbons (Fsp3) is 0.500. The molecule has 110 valence electrons. The Morgan fingerprint density at radius 3 is 2.55 bits per heavy atom. The highest BCUT2D eigenvalue weighted by atomic mass is 16.2. The highest BCUT2D eigenvalue weighted by molar-refractivity contribution is 5.83. The molecule has 0 heterocycles. The number of benzene rings is 1. The van der Waals surface area contributed by atoms with Gasteiger partial charge in [-0.3, -0.25) is 9.59 Å². The van der Waals surface area contributed by atoms with Crippen LogP contribution >= 0.6 is 0 Å². The lowest BCUT2D eigenvalue weighted by atomic mass is 10.1. The Hall–Kier alpha value is -1.84. The maximum atomic E-state index is 11.8. The predicted molar refractivity (Wildman–Crippen MR) is 80.1 cm³/mol. The van der Waals surface area contributed by atoms with Gasteiger partial charge >= 0.3 is 0 Å². The van der Waals surface area contributed by atoms with Crippen molar-refractivity contribution < 1.29 is 9.59 Å². The van der Waals surface area contributed by atoms with Crippen LogP contribution in [-0.2, 0) is 16.1 Å². The topological polar surface area (TPSA) is 49.4 Å². The van der Waals surface area contributed by atoms with Crippen LogP contribution in [0.3, 0.4) is 0 Å². The average molecular weight is 276 g/mol. The molecule has 0 aromatic heterocycles. The van der Waals surface area contributed by atoms with Crippen molar-refractivity contribution >= 4 is 11.8 Å². The molecular weight excluding hydrogens is 252 g/mol. The van der Waals surface area contributed by atoms with Crippen LogP contribution in [0.15, 0.2) is 24.3 Å². The van der Waals surface area contributed by atoms with Crippen molar-refractivity contribution in [1.29, 1.82) is 0 Å². The number of nitrogens with zero attached hydrogens (tertiary/aromatic N) is 1. The van der Waals surface area contributed by atoms with Gasteiger partial charge in [0.1, 0.15) is 0 Å². The summed E-state index contributed by atoms with van der Waals surface area (Å²) in [6.45, 7) is 8.78. The molecule has 0 aliphatic rings. The van der Waals surface area contributed by atoms with Gasteiger partial charge in [0.2, 0.25) is 11.8 Å². The summed E-state index contributed by atoms with van der Waals surface area (Å²) in [6, 6.07) is 7.97. The van der Waals surface area contributed by atoms with Crippen molar-refractivity contribution in [3.8, 4) is 0 Å². The van der Waals surface area contributed by atoms with E-state index >= 15 is 0 Å². The maximum Gasteiger partial charge on any atom is 0.239 e. The van der Waals surface area contributed by atoms with E-state index in [1.165, 1.54) is 6.92 Å². The highest BCUT2D eigenvalue weighted by Crippen LogP contribution is 2.07. The number of carbonyl (C=O) groups excluding carboxylic acids is 2. The first-order chi connectivity index (χ1) is 9.38. The first-order valence-electron chi connectivity index (χ1n) is 6.96. The lowest BCUT2D eigenvalue weighted by Gasteiger charge is -2.21. The molecule has 1 N–H and O–H groups in total. The van der Waals surface area contributed by atoms with Gasteiger partial charge < -0.3 is 10.2 Å². The third kappa shape index (κ3) is 5.87. The van der Waals surface area contributed by atoms with Gasteiger partial charge in [-0.1, -0.05) is 43.7 Å². The van der Waals surface area contributed by atoms with Crippen molar-refractivity contribution in [2.45, 2.75) is 34.2 Å². The van der Waals surface area contributed by atoms with E-state index in [1.54, 1.807) is 4.90 Å². The minimum Gasteiger partial charge on any atom is -0.354 e. The molecule has 0 spiro atoms. The Morgan fingerprint density at radius 1 is 1.30 bits per heavy atom. The summed E-state index contributed by atoms with van der Waals surface area (Å²) in [5.41, 5.74) is 2.19. The van der Waals surface area contributed by atoms with Crippen LogP contribution in [0.25, 0.3) is 0 Å². The van der Waals surface area contributed by atoms with E-state index in [1.807, 2.05) is 45.0 Å². The van der Waals surface area contributed by atoms with Crippen LogP contribution < -0.4 is 5.32 Å². The van der Waals surface area contributed by atoms with Gasteiger partial charge in [-0.25, -0.2) is 0 Å². The standard InChI is InChI=1S/C16H24N2O2/c1-12(2)9-17-16(20)11-18(14(4)19)10-15-7-5-6-13(3)8-15/h5-8,12H,9-11H2,1-4H3,(H,17,20). The molecular formula is C16H24N2O2. The maximum absolute atomic E-state index is 11.8. The molecule has 0 bridgehead atoms. The molecule has 20 heavy (non-hydrogen) atoms. The number of rotatable bonds is 6. The number of hydrogen-bond donors (Lipinski definition) is 1. The molecule has 1 aromatic carbocycles. The Balaban J connectivity index is 2.61. The van der Waals surface area contributed by atoms with Crippen molar-refractivity contribution in [2.24, 2.45) is 5.92 Å². The second kappa shape index (κ2) is 7.68. The number of aryl methyl sites for hydroxylation is 1. The van der Waals surface area contributed by atoms with E-state index in [4.69, 9.17) is 0 Å². The molecule has 1 rings (SSSR count). The summed E-state index contributed by atoms with van der Waals surface area (Å²) in [7, 11) is 0. The summed E-state index contributed by atoms with van der Waals surface area (Å²) >= 11 is 0. The molecule has 4 heteroatoms. The number of hydrogen-bond acceptors (Lipinski definition) is 2. The molecule has 0 radical (unpaired) electrons. The number of nitrogens with one attached hydrogen (secondary N) is 1. The van der Waals surface area contributed by atoms with Gasteiger partial charge in [0.25, 0.3) is 0 Å². The van der Waals surface area contributed by atoms with E-state index < -0.39 is 0 Å². The van der Waals surface area contributed by atoms with Gasteiger partial charge in [0.05, 0.1) is 6.54 Å². The van der Waals surface area contributed by atoms with Crippen LogP contribution in [0.2, 0.25) is 0 Å². The predicted octanol–water partition coefficient (Wildman–Crippen LogP) is 2.12. The highest BCUT2D eigenvalue weighted by Gasteiger charge is 2.14. The first kappa shape index (κ1) is 16.2. The fourth-order valence-electron chi connectivity index (χ4n) is 1.86. The van der Waals surface area contributed by atoms with E-state index in [-0.39, 0.29) is 18.4 Å². The minimum absolute atomic E-state index is 0.0915. The third-order valence-corrected chi connectivity index (χ3v) is 2.94. The Bertz CT molecular complexity index is 469. The van der Waals surface area contributed by atoms with Gasteiger partial charge in [0, 0.05) is 20.0 Å². The molecule has 1 aromatic rings. The largest absolute Gasteiger partial charge is 0.354 e. The fourth-order valence-corrected chi connectivity index (χ4v) is 1.86. The molecule has 2 amide bonds. The third-order valence-electron chi connectivity index (χ3n) is 2.94. The van der Waals surface area contributed by atoms with Gasteiger partial charge in [0.15, 0.2) is 0 Å². The van der Waals surface area contributed by atoms with Gasteiger partial charge in [-0.15, -0.1) is 0 Å². The summed E-state index contributed by atoms with van der Waals surface area (Å²) in [4.78, 5) is 25.0. The van der Waals surface area contributed by atoms with E-state index in [2.05, 4.69) is 5.32 Å². The van der Waals surface area contributed by atoms with Crippen LogP contribution in [0.5, 0.6) is 0 Å². The molecule has 0 aliphatic carbocycles. The van der Waals surface area contributed by atoms with Gasteiger partial charge in [-0.05, 0) is 18.4 Å². The molecule has 0 saturated carbocycles. The Labute approximate surface area is 121 Å². The van der Waals surface area contributed by atoms with Crippen LogP contribution in [0, 0.1) is 12.8 Å². The summed E-state index contributed by atoms with van der Waals surface area (Å²) in [5, 5.41) is 2.83. The molecule has 0 fully saturated rings. The lowest BCUT2D eigenvalue weighted by Crippen LogP contribution is -2.40. The van der Waals surface area contributed by atoms with Crippen molar-refractivity contribution in [3.63, 3.8) is 0 Å². The SMILES string of the molecule is CC(=O)N(CC(=O)NCC(C)C)Cc1cccc(C)c1. The summed E-state index contributed by atoms with van der Waals surface area (Å²) in [6.07, 6.45) is 0. The van der Waals surface area contributed by atoms with E-state index in [0.717, 1.165) is 11.1 Å². The quantitative estimate of drug-likeness (QED) is 0.865.